The zero-order valence-electron chi connectivity index (χ0n) is 16.6. The molecule has 0 radical (unpaired) electrons. The normalized spacial score (nSPS) is 15.4. The van der Waals surface area contributed by atoms with Crippen molar-refractivity contribution < 1.29 is 18.8 Å². The Hall–Kier alpha value is -2.83. The van der Waals surface area contributed by atoms with Crippen molar-refractivity contribution in [3.05, 3.63) is 36.0 Å². The fourth-order valence-corrected chi connectivity index (χ4v) is 3.33. The molecule has 2 amide bonds. The number of ether oxygens (including phenoxy) is 1. The molecule has 1 saturated heterocycles. The molecule has 1 aromatic heterocycles. The number of carbonyl (C=O) groups is 2. The first-order chi connectivity index (χ1) is 13.5. The van der Waals surface area contributed by atoms with E-state index in [0.29, 0.717) is 11.5 Å². The van der Waals surface area contributed by atoms with Gasteiger partial charge in [-0.1, -0.05) is 31.1 Å². The van der Waals surface area contributed by atoms with Gasteiger partial charge in [0.2, 0.25) is 5.91 Å². The molecular formula is C21H27N3O4. The second kappa shape index (κ2) is 8.91. The number of methoxy groups -OCH3 is 1. The van der Waals surface area contributed by atoms with Gasteiger partial charge in [-0.2, -0.15) is 0 Å². The highest BCUT2D eigenvalue weighted by molar-refractivity contribution is 5.96. The number of amides is 2. The smallest absolute Gasteiger partial charge is 0.274 e. The summed E-state index contributed by atoms with van der Waals surface area (Å²) in [5.74, 6) is 0.684. The lowest BCUT2D eigenvalue weighted by Crippen LogP contribution is -2.52. The van der Waals surface area contributed by atoms with E-state index in [0.717, 1.165) is 37.9 Å². The molecule has 1 atom stereocenters. The molecule has 7 nitrogen and oxygen atoms in total. The highest BCUT2D eigenvalue weighted by Gasteiger charge is 2.30. The molecule has 150 valence electrons. The van der Waals surface area contributed by atoms with Crippen LogP contribution in [0.5, 0.6) is 5.75 Å². The number of nitrogens with zero attached hydrogens (tertiary/aromatic N) is 2. The number of nitrogens with one attached hydrogen (secondary N) is 1. The maximum atomic E-state index is 12.9. The SMILES string of the molecule is COc1cccc(-c2cc(C(=O)N[C@@H](C(=O)N3CCCCC3)C(C)C)no2)c1. The molecule has 0 saturated carbocycles. The minimum absolute atomic E-state index is 0.0249. The van der Waals surface area contributed by atoms with Crippen LogP contribution in [-0.2, 0) is 4.79 Å². The standard InChI is InChI=1S/C21H27N3O4/c1-14(2)19(21(26)24-10-5-4-6-11-24)22-20(25)17-13-18(28-23-17)15-8-7-9-16(12-15)27-3/h7-9,12-14,19H,4-6,10-11H2,1-3H3,(H,22,25)/t19-/m1/s1. The average molecular weight is 385 g/mol. The van der Waals surface area contributed by atoms with Crippen molar-refractivity contribution in [1.82, 2.24) is 15.4 Å². The van der Waals surface area contributed by atoms with Crippen molar-refractivity contribution >= 4 is 11.8 Å². The molecule has 2 aromatic rings. The molecule has 1 aromatic carbocycles. The van der Waals surface area contributed by atoms with Gasteiger partial charge < -0.3 is 19.5 Å². The zero-order valence-corrected chi connectivity index (χ0v) is 16.6. The highest BCUT2D eigenvalue weighted by atomic mass is 16.5. The summed E-state index contributed by atoms with van der Waals surface area (Å²) in [5.41, 5.74) is 0.908. The fourth-order valence-electron chi connectivity index (χ4n) is 3.33. The van der Waals surface area contributed by atoms with Crippen molar-refractivity contribution in [1.29, 1.82) is 0 Å². The summed E-state index contributed by atoms with van der Waals surface area (Å²) in [6.45, 7) is 5.36. The van der Waals surface area contributed by atoms with Gasteiger partial charge in [-0.15, -0.1) is 0 Å². The Bertz CT molecular complexity index is 825. The first kappa shape index (κ1) is 19.9. The summed E-state index contributed by atoms with van der Waals surface area (Å²) in [6.07, 6.45) is 3.17. The van der Waals surface area contributed by atoms with E-state index in [1.807, 2.05) is 36.9 Å². The third kappa shape index (κ3) is 4.52. The van der Waals surface area contributed by atoms with Gasteiger partial charge in [0.25, 0.3) is 5.91 Å². The number of hydrogen-bond donors (Lipinski definition) is 1. The fraction of sp³-hybridized carbons (Fsp3) is 0.476. The largest absolute Gasteiger partial charge is 0.497 e. The molecule has 0 unspecified atom stereocenters. The molecule has 0 aliphatic carbocycles. The first-order valence-electron chi connectivity index (χ1n) is 9.70. The van der Waals surface area contributed by atoms with E-state index in [4.69, 9.17) is 9.26 Å². The van der Waals surface area contributed by atoms with Crippen LogP contribution >= 0.6 is 0 Å². The first-order valence-corrected chi connectivity index (χ1v) is 9.70. The molecule has 1 fully saturated rings. The van der Waals surface area contributed by atoms with E-state index < -0.39 is 11.9 Å². The Morgan fingerprint density at radius 3 is 2.61 bits per heavy atom. The van der Waals surface area contributed by atoms with Crippen molar-refractivity contribution in [2.75, 3.05) is 20.2 Å². The van der Waals surface area contributed by atoms with E-state index >= 15 is 0 Å². The zero-order chi connectivity index (χ0) is 20.1. The molecule has 28 heavy (non-hydrogen) atoms. The van der Waals surface area contributed by atoms with E-state index in [-0.39, 0.29) is 17.5 Å². The molecule has 3 rings (SSSR count). The van der Waals surface area contributed by atoms with Crippen LogP contribution in [0.4, 0.5) is 0 Å². The number of aromatic nitrogens is 1. The van der Waals surface area contributed by atoms with Crippen LogP contribution in [0.2, 0.25) is 0 Å². The van der Waals surface area contributed by atoms with Gasteiger partial charge in [0, 0.05) is 24.7 Å². The molecule has 0 spiro atoms. The molecular weight excluding hydrogens is 358 g/mol. The average Bonchev–Trinajstić information content (AvgIpc) is 3.22. The highest BCUT2D eigenvalue weighted by Crippen LogP contribution is 2.24. The van der Waals surface area contributed by atoms with Crippen LogP contribution in [0, 0.1) is 5.92 Å². The molecule has 1 aliphatic heterocycles. The molecule has 1 aliphatic rings. The van der Waals surface area contributed by atoms with Crippen molar-refractivity contribution in [2.45, 2.75) is 39.2 Å². The van der Waals surface area contributed by atoms with Crippen molar-refractivity contribution in [3.63, 3.8) is 0 Å². The van der Waals surface area contributed by atoms with Gasteiger partial charge in [0.1, 0.15) is 11.8 Å². The van der Waals surface area contributed by atoms with Crippen molar-refractivity contribution in [3.8, 4) is 17.1 Å². The summed E-state index contributed by atoms with van der Waals surface area (Å²) in [6, 6.07) is 8.31. The number of carbonyl (C=O) groups excluding carboxylic acids is 2. The third-order valence-corrected chi connectivity index (χ3v) is 4.98. The summed E-state index contributed by atoms with van der Waals surface area (Å²) in [5, 5.41) is 6.72. The van der Waals surface area contributed by atoms with Crippen LogP contribution in [0.3, 0.4) is 0 Å². The predicted molar refractivity (Wildman–Crippen MR) is 105 cm³/mol. The topological polar surface area (TPSA) is 84.7 Å². The predicted octanol–water partition coefficient (Wildman–Crippen LogP) is 3.12. The van der Waals surface area contributed by atoms with Crippen LogP contribution < -0.4 is 10.1 Å². The van der Waals surface area contributed by atoms with Crippen LogP contribution in [0.1, 0.15) is 43.6 Å². The Morgan fingerprint density at radius 2 is 1.93 bits per heavy atom. The van der Waals surface area contributed by atoms with Gasteiger partial charge in [0.05, 0.1) is 7.11 Å². The third-order valence-electron chi connectivity index (χ3n) is 4.98. The van der Waals surface area contributed by atoms with Gasteiger partial charge in [-0.25, -0.2) is 0 Å². The van der Waals surface area contributed by atoms with Crippen LogP contribution in [0.15, 0.2) is 34.9 Å². The van der Waals surface area contributed by atoms with Gasteiger partial charge in [-0.05, 0) is 37.3 Å². The quantitative estimate of drug-likeness (QED) is 0.826. The number of benzene rings is 1. The Labute approximate surface area is 165 Å². The molecule has 7 heteroatoms. The second-order valence-corrected chi connectivity index (χ2v) is 7.39. The Balaban J connectivity index is 1.72. The monoisotopic (exact) mass is 385 g/mol. The lowest BCUT2D eigenvalue weighted by atomic mass is 10.0. The van der Waals surface area contributed by atoms with E-state index in [2.05, 4.69) is 10.5 Å². The van der Waals surface area contributed by atoms with Crippen LogP contribution in [-0.4, -0.2) is 48.1 Å². The molecule has 0 bridgehead atoms. The van der Waals surface area contributed by atoms with Crippen molar-refractivity contribution in [2.24, 2.45) is 5.92 Å². The van der Waals surface area contributed by atoms with Gasteiger partial charge in [0.15, 0.2) is 11.5 Å². The molecule has 2 heterocycles. The van der Waals surface area contributed by atoms with E-state index in [1.54, 1.807) is 19.2 Å². The summed E-state index contributed by atoms with van der Waals surface area (Å²) in [7, 11) is 1.59. The van der Waals surface area contributed by atoms with E-state index in [9.17, 15) is 9.59 Å². The summed E-state index contributed by atoms with van der Waals surface area (Å²) < 4.78 is 10.5. The van der Waals surface area contributed by atoms with Gasteiger partial charge in [-0.3, -0.25) is 9.59 Å². The Morgan fingerprint density at radius 1 is 1.18 bits per heavy atom. The second-order valence-electron chi connectivity index (χ2n) is 7.39. The Kier molecular flexibility index (Phi) is 6.34. The minimum Gasteiger partial charge on any atom is -0.497 e. The molecule has 1 N–H and O–H groups in total. The van der Waals surface area contributed by atoms with Crippen LogP contribution in [0.25, 0.3) is 11.3 Å². The number of likely N-dealkylation sites (tertiary alicyclic amines) is 1. The lowest BCUT2D eigenvalue weighted by Gasteiger charge is -2.32. The summed E-state index contributed by atoms with van der Waals surface area (Å²) >= 11 is 0. The van der Waals surface area contributed by atoms with E-state index in [1.165, 1.54) is 0 Å². The minimum atomic E-state index is -0.581. The lowest BCUT2D eigenvalue weighted by molar-refractivity contribution is -0.135. The van der Waals surface area contributed by atoms with Gasteiger partial charge >= 0.3 is 0 Å². The maximum Gasteiger partial charge on any atom is 0.274 e. The number of rotatable bonds is 6. The maximum absolute atomic E-state index is 12.9. The number of piperidine rings is 1. The summed E-state index contributed by atoms with van der Waals surface area (Å²) in [4.78, 5) is 27.4. The number of hydrogen-bond acceptors (Lipinski definition) is 5.